The Hall–Kier alpha value is -0.980. The third kappa shape index (κ3) is 4.01. The predicted molar refractivity (Wildman–Crippen MR) is 67.1 cm³/mol. The zero-order valence-corrected chi connectivity index (χ0v) is 11.3. The fraction of sp³-hybridized carbons (Fsp3) is 0.923. The molecule has 7 heteroatoms. The van der Waals surface area contributed by atoms with Crippen LogP contribution in [-0.4, -0.2) is 35.5 Å². The molecule has 0 aromatic heterocycles. The van der Waals surface area contributed by atoms with Crippen LogP contribution in [0.5, 0.6) is 0 Å². The number of halogens is 3. The summed E-state index contributed by atoms with van der Waals surface area (Å²) in [7, 11) is 0. The van der Waals surface area contributed by atoms with Crippen LogP contribution in [0.25, 0.3) is 0 Å². The first-order valence-corrected chi connectivity index (χ1v) is 7.12. The number of alkyl halides is 3. The lowest BCUT2D eigenvalue weighted by Crippen LogP contribution is -2.52. The highest BCUT2D eigenvalue weighted by molar-refractivity contribution is 5.74. The van der Waals surface area contributed by atoms with Crippen LogP contribution in [0.2, 0.25) is 0 Å². The minimum absolute atomic E-state index is 0.0544. The Bertz CT molecular complexity index is 356. The Labute approximate surface area is 116 Å². The Morgan fingerprint density at radius 3 is 2.50 bits per heavy atom. The van der Waals surface area contributed by atoms with Gasteiger partial charge in [-0.25, -0.2) is 4.79 Å². The number of amides is 2. The van der Waals surface area contributed by atoms with Crippen LogP contribution in [0.1, 0.15) is 44.9 Å². The standard InChI is InChI=1S/C13H21F3N2O2/c14-13(15,16)9-3-1-4-10(7-9)18-11(19)17-8-12(20)5-2-6-12/h9-10,20H,1-8H2,(H2,17,18,19). The lowest BCUT2D eigenvalue weighted by molar-refractivity contribution is -0.183. The second-order valence-corrected chi connectivity index (χ2v) is 6.01. The monoisotopic (exact) mass is 294 g/mol. The van der Waals surface area contributed by atoms with E-state index in [1.165, 1.54) is 0 Å². The summed E-state index contributed by atoms with van der Waals surface area (Å²) in [4.78, 5) is 11.6. The molecule has 2 atom stereocenters. The van der Waals surface area contributed by atoms with Gasteiger partial charge in [0, 0.05) is 12.6 Å². The van der Waals surface area contributed by atoms with Crippen molar-refractivity contribution in [2.24, 2.45) is 5.92 Å². The third-order valence-corrected chi connectivity index (χ3v) is 4.33. The van der Waals surface area contributed by atoms with Gasteiger partial charge in [-0.15, -0.1) is 0 Å². The molecule has 0 aromatic carbocycles. The van der Waals surface area contributed by atoms with E-state index in [0.29, 0.717) is 25.7 Å². The van der Waals surface area contributed by atoms with Crippen LogP contribution in [0.15, 0.2) is 0 Å². The fourth-order valence-electron chi connectivity index (χ4n) is 2.86. The molecule has 0 aliphatic heterocycles. The summed E-state index contributed by atoms with van der Waals surface area (Å²) in [5, 5.41) is 14.9. The minimum Gasteiger partial charge on any atom is -0.388 e. The second-order valence-electron chi connectivity index (χ2n) is 6.01. The molecule has 116 valence electrons. The van der Waals surface area contributed by atoms with E-state index in [2.05, 4.69) is 10.6 Å². The molecular formula is C13H21F3N2O2. The van der Waals surface area contributed by atoms with Gasteiger partial charge in [0.2, 0.25) is 0 Å². The molecule has 0 heterocycles. The number of urea groups is 1. The number of hydrogen-bond donors (Lipinski definition) is 3. The van der Waals surface area contributed by atoms with E-state index in [1.54, 1.807) is 0 Å². The number of nitrogens with one attached hydrogen (secondary N) is 2. The molecule has 2 aliphatic carbocycles. The van der Waals surface area contributed by atoms with Gasteiger partial charge < -0.3 is 15.7 Å². The summed E-state index contributed by atoms with van der Waals surface area (Å²) >= 11 is 0. The zero-order valence-electron chi connectivity index (χ0n) is 11.3. The molecule has 2 aliphatic rings. The van der Waals surface area contributed by atoms with Crippen molar-refractivity contribution in [3.63, 3.8) is 0 Å². The van der Waals surface area contributed by atoms with Crippen molar-refractivity contribution in [1.29, 1.82) is 0 Å². The molecule has 0 radical (unpaired) electrons. The molecule has 0 aromatic rings. The van der Waals surface area contributed by atoms with Crippen molar-refractivity contribution in [2.45, 2.75) is 62.8 Å². The number of rotatable bonds is 3. The van der Waals surface area contributed by atoms with Gasteiger partial charge in [-0.05, 0) is 38.5 Å². The Balaban J connectivity index is 1.73. The summed E-state index contributed by atoms with van der Waals surface area (Å²) in [5.41, 5.74) is -0.821. The number of carbonyl (C=O) groups is 1. The zero-order chi connectivity index (χ0) is 14.8. The van der Waals surface area contributed by atoms with Gasteiger partial charge >= 0.3 is 12.2 Å². The summed E-state index contributed by atoms with van der Waals surface area (Å²) in [6, 6.07) is -0.926. The average Bonchev–Trinajstić information content (AvgIpc) is 2.33. The normalized spacial score (nSPS) is 29.4. The highest BCUT2D eigenvalue weighted by atomic mass is 19.4. The first kappa shape index (κ1) is 15.4. The van der Waals surface area contributed by atoms with E-state index in [9.17, 15) is 23.1 Å². The highest BCUT2D eigenvalue weighted by Gasteiger charge is 2.42. The molecule has 2 unspecified atom stereocenters. The van der Waals surface area contributed by atoms with Crippen LogP contribution >= 0.6 is 0 Å². The maximum absolute atomic E-state index is 12.6. The van der Waals surface area contributed by atoms with E-state index < -0.39 is 29.8 Å². The predicted octanol–water partition coefficient (Wildman–Crippen LogP) is 2.32. The lowest BCUT2D eigenvalue weighted by atomic mass is 9.80. The maximum atomic E-state index is 12.6. The molecule has 20 heavy (non-hydrogen) atoms. The molecule has 0 spiro atoms. The van der Waals surface area contributed by atoms with E-state index in [4.69, 9.17) is 0 Å². The van der Waals surface area contributed by atoms with Crippen molar-refractivity contribution in [3.05, 3.63) is 0 Å². The van der Waals surface area contributed by atoms with E-state index in [-0.39, 0.29) is 19.4 Å². The highest BCUT2D eigenvalue weighted by Crippen LogP contribution is 2.37. The van der Waals surface area contributed by atoms with Gasteiger partial charge in [-0.2, -0.15) is 13.2 Å². The van der Waals surface area contributed by atoms with Gasteiger partial charge in [0.25, 0.3) is 0 Å². The SMILES string of the molecule is O=C(NCC1(O)CCC1)NC1CCCC(C(F)(F)F)C1. The largest absolute Gasteiger partial charge is 0.391 e. The smallest absolute Gasteiger partial charge is 0.388 e. The number of aliphatic hydroxyl groups is 1. The summed E-state index contributed by atoms with van der Waals surface area (Å²) in [6.07, 6.45) is -0.791. The van der Waals surface area contributed by atoms with Crippen LogP contribution in [0.3, 0.4) is 0 Å². The van der Waals surface area contributed by atoms with E-state index in [1.807, 2.05) is 0 Å². The van der Waals surface area contributed by atoms with Gasteiger partial charge in [0.05, 0.1) is 11.5 Å². The first-order chi connectivity index (χ1) is 9.28. The molecule has 2 saturated carbocycles. The molecule has 2 fully saturated rings. The van der Waals surface area contributed by atoms with E-state index >= 15 is 0 Å². The average molecular weight is 294 g/mol. The number of carbonyl (C=O) groups excluding carboxylic acids is 1. The molecule has 4 nitrogen and oxygen atoms in total. The summed E-state index contributed by atoms with van der Waals surface area (Å²) in [6.45, 7) is 0.161. The molecule has 0 saturated heterocycles. The molecule has 0 bridgehead atoms. The van der Waals surface area contributed by atoms with Crippen LogP contribution in [0, 0.1) is 5.92 Å². The summed E-state index contributed by atoms with van der Waals surface area (Å²) < 4.78 is 37.9. The van der Waals surface area contributed by atoms with Crippen molar-refractivity contribution in [3.8, 4) is 0 Å². The van der Waals surface area contributed by atoms with Crippen LogP contribution in [-0.2, 0) is 0 Å². The summed E-state index contributed by atoms with van der Waals surface area (Å²) in [5.74, 6) is -1.32. The van der Waals surface area contributed by atoms with Gasteiger partial charge in [0.15, 0.2) is 0 Å². The van der Waals surface area contributed by atoms with Crippen molar-refractivity contribution in [2.75, 3.05) is 6.54 Å². The minimum atomic E-state index is -4.18. The molecule has 3 N–H and O–H groups in total. The first-order valence-electron chi connectivity index (χ1n) is 7.12. The van der Waals surface area contributed by atoms with Gasteiger partial charge in [-0.1, -0.05) is 6.42 Å². The molecule has 2 rings (SSSR count). The van der Waals surface area contributed by atoms with Gasteiger partial charge in [0.1, 0.15) is 0 Å². The van der Waals surface area contributed by atoms with Crippen molar-refractivity contribution in [1.82, 2.24) is 10.6 Å². The number of hydrogen-bond acceptors (Lipinski definition) is 2. The quantitative estimate of drug-likeness (QED) is 0.748. The Morgan fingerprint density at radius 2 is 1.95 bits per heavy atom. The third-order valence-electron chi connectivity index (χ3n) is 4.33. The van der Waals surface area contributed by atoms with Gasteiger partial charge in [-0.3, -0.25) is 0 Å². The Kier molecular flexibility index (Phi) is 4.46. The van der Waals surface area contributed by atoms with E-state index in [0.717, 1.165) is 6.42 Å². The molecular weight excluding hydrogens is 273 g/mol. The molecule has 2 amide bonds. The van der Waals surface area contributed by atoms with Crippen molar-refractivity contribution >= 4 is 6.03 Å². The Morgan fingerprint density at radius 1 is 1.25 bits per heavy atom. The maximum Gasteiger partial charge on any atom is 0.391 e. The van der Waals surface area contributed by atoms with Crippen LogP contribution < -0.4 is 10.6 Å². The van der Waals surface area contributed by atoms with Crippen LogP contribution in [0.4, 0.5) is 18.0 Å². The lowest BCUT2D eigenvalue weighted by Gasteiger charge is -2.37. The fourth-order valence-corrected chi connectivity index (χ4v) is 2.86. The second kappa shape index (κ2) is 5.79. The van der Waals surface area contributed by atoms with Crippen molar-refractivity contribution < 1.29 is 23.1 Å². The topological polar surface area (TPSA) is 61.4 Å².